The van der Waals surface area contributed by atoms with E-state index in [4.69, 9.17) is 9.98 Å². The van der Waals surface area contributed by atoms with Gasteiger partial charge in [-0.05, 0) is 84.9 Å². The number of fused-ring (bicyclic) bond motifs is 3. The van der Waals surface area contributed by atoms with Gasteiger partial charge in [-0.2, -0.15) is 4.58 Å². The minimum absolute atomic E-state index is 0.533. The van der Waals surface area contributed by atoms with Gasteiger partial charge in [0.15, 0.2) is 12.8 Å². The Balaban J connectivity index is 1.36. The van der Waals surface area contributed by atoms with E-state index in [1.54, 1.807) is 0 Å². The molecule has 2 aromatic carbocycles. The molecule has 182 valence electrons. The quantitative estimate of drug-likeness (QED) is 0.357. The molecule has 0 N–H and O–H groups in total. The lowest BCUT2D eigenvalue weighted by Gasteiger charge is -2.13. The predicted octanol–water partition coefficient (Wildman–Crippen LogP) is 7.34. The van der Waals surface area contributed by atoms with E-state index in [0.29, 0.717) is 17.8 Å². The Morgan fingerprint density at radius 2 is 1.64 bits per heavy atom. The van der Waals surface area contributed by atoms with E-state index >= 15 is 0 Å². The maximum absolute atomic E-state index is 5.24. The van der Waals surface area contributed by atoms with Gasteiger partial charge in [-0.25, -0.2) is 0 Å². The summed E-state index contributed by atoms with van der Waals surface area (Å²) in [6.07, 6.45) is 14.2. The highest BCUT2D eigenvalue weighted by molar-refractivity contribution is 6.02. The first-order valence-corrected chi connectivity index (χ1v) is 13.6. The largest absolute Gasteiger partial charge is 0.256 e. The van der Waals surface area contributed by atoms with Crippen molar-refractivity contribution in [3.63, 3.8) is 0 Å². The zero-order chi connectivity index (χ0) is 24.6. The van der Waals surface area contributed by atoms with Crippen LogP contribution in [0, 0.1) is 17.8 Å². The number of nitrogens with zero attached hydrogens (tertiary/aromatic N) is 3. The zero-order valence-corrected chi connectivity index (χ0v) is 21.7. The highest BCUT2D eigenvalue weighted by atomic mass is 15.0. The van der Waals surface area contributed by atoms with E-state index in [-0.39, 0.29) is 0 Å². The van der Waals surface area contributed by atoms with Gasteiger partial charge in [0.05, 0.1) is 17.1 Å². The van der Waals surface area contributed by atoms with Crippen molar-refractivity contribution in [1.29, 1.82) is 0 Å². The number of pyridine rings is 1. The number of rotatable bonds is 2. The maximum atomic E-state index is 5.24. The van der Waals surface area contributed by atoms with Crippen LogP contribution >= 0.6 is 0 Å². The van der Waals surface area contributed by atoms with Crippen molar-refractivity contribution in [2.24, 2.45) is 22.7 Å². The van der Waals surface area contributed by atoms with Crippen LogP contribution < -0.4 is 0 Å². The van der Waals surface area contributed by atoms with Crippen LogP contribution in [0.1, 0.15) is 67.1 Å². The fraction of sp³-hybridized carbons (Fsp3) is 0.364. The molecule has 0 spiro atoms. The Kier molecular flexibility index (Phi) is 6.17. The second-order valence-corrected chi connectivity index (χ2v) is 11.4. The second-order valence-electron chi connectivity index (χ2n) is 11.4. The average Bonchev–Trinajstić information content (AvgIpc) is 3.23. The Labute approximate surface area is 215 Å². The summed E-state index contributed by atoms with van der Waals surface area (Å²) in [7, 11) is 0. The summed E-state index contributed by atoms with van der Waals surface area (Å²) < 4.78 is 2.45. The van der Waals surface area contributed by atoms with E-state index < -0.39 is 0 Å². The lowest BCUT2D eigenvalue weighted by Crippen LogP contribution is -2.15. The molecular weight excluding hydrogens is 438 g/mol. The topological polar surface area (TPSA) is 28.3 Å². The van der Waals surface area contributed by atoms with Crippen molar-refractivity contribution >= 4 is 29.4 Å². The number of hydrogen-bond acceptors (Lipinski definition) is 2. The molecule has 0 saturated carbocycles. The Hall–Kier alpha value is -3.33. The minimum atomic E-state index is 0.533. The number of hydrogen-bond donors (Lipinski definition) is 0. The zero-order valence-electron chi connectivity index (χ0n) is 21.7. The predicted molar refractivity (Wildman–Crippen MR) is 150 cm³/mol. The summed E-state index contributed by atoms with van der Waals surface area (Å²) in [4.78, 5) is 10.1. The van der Waals surface area contributed by atoms with Crippen LogP contribution in [-0.2, 0) is 19.3 Å². The molecule has 0 radical (unpaired) electrons. The van der Waals surface area contributed by atoms with Crippen LogP contribution in [0.5, 0.6) is 0 Å². The van der Waals surface area contributed by atoms with Gasteiger partial charge in [-0.3, -0.25) is 9.98 Å². The number of aliphatic imine (C=N–C) groups is 1. The third-order valence-corrected chi connectivity index (χ3v) is 7.90. The van der Waals surface area contributed by atoms with Crippen molar-refractivity contribution in [2.45, 2.75) is 52.9 Å². The molecule has 2 aliphatic heterocycles. The van der Waals surface area contributed by atoms with E-state index in [0.717, 1.165) is 50.0 Å². The first kappa shape index (κ1) is 23.1. The SMILES string of the molecule is CC1CC(c2cnc3c(c2)CC(C)CC=C3)=Nc2ccc([N+]3=Cc4ccccc4CC(C)C3)cc2C1. The molecule has 3 aromatic rings. The Bertz CT molecular complexity index is 1390. The van der Waals surface area contributed by atoms with Crippen LogP contribution in [0.3, 0.4) is 0 Å². The van der Waals surface area contributed by atoms with E-state index in [2.05, 4.69) is 92.2 Å². The van der Waals surface area contributed by atoms with E-state index in [1.165, 1.54) is 39.2 Å². The summed E-state index contributed by atoms with van der Waals surface area (Å²) in [5.41, 5.74) is 11.4. The molecule has 1 aromatic heterocycles. The molecule has 36 heavy (non-hydrogen) atoms. The monoisotopic (exact) mass is 474 g/mol. The van der Waals surface area contributed by atoms with Crippen LogP contribution in [0.2, 0.25) is 0 Å². The van der Waals surface area contributed by atoms with Gasteiger partial charge >= 0.3 is 0 Å². The molecule has 0 fully saturated rings. The summed E-state index contributed by atoms with van der Waals surface area (Å²) in [5, 5.41) is 0. The van der Waals surface area contributed by atoms with Gasteiger partial charge in [0.2, 0.25) is 5.69 Å². The van der Waals surface area contributed by atoms with Gasteiger partial charge in [0, 0.05) is 35.4 Å². The molecule has 6 rings (SSSR count). The smallest absolute Gasteiger partial charge is 0.205 e. The Morgan fingerprint density at radius 1 is 0.806 bits per heavy atom. The van der Waals surface area contributed by atoms with Crippen LogP contribution in [0.25, 0.3) is 6.08 Å². The van der Waals surface area contributed by atoms with Crippen molar-refractivity contribution in [3.05, 3.63) is 94.3 Å². The fourth-order valence-electron chi connectivity index (χ4n) is 6.06. The molecule has 0 bridgehead atoms. The molecule has 3 aliphatic rings. The summed E-state index contributed by atoms with van der Waals surface area (Å²) in [6, 6.07) is 18.1. The highest BCUT2D eigenvalue weighted by Gasteiger charge is 2.24. The van der Waals surface area contributed by atoms with Crippen molar-refractivity contribution in [2.75, 3.05) is 6.54 Å². The van der Waals surface area contributed by atoms with E-state index in [9.17, 15) is 0 Å². The summed E-state index contributed by atoms with van der Waals surface area (Å²) in [5.74, 6) is 1.79. The number of aromatic nitrogens is 1. The van der Waals surface area contributed by atoms with Crippen LogP contribution in [0.15, 0.2) is 65.8 Å². The standard InChI is InChI=1S/C33H36N3/c1-22-7-6-10-31-27(13-22)17-29(19-34-31)33-16-23(2)14-28-18-30(11-12-32(28)35-33)36-20-24(3)15-25-8-4-5-9-26(25)21-36/h4-6,8-12,17-19,21-24H,7,13-16,20H2,1-3H3/q+1. The molecule has 3 atom stereocenters. The second kappa shape index (κ2) is 9.61. The van der Waals surface area contributed by atoms with Gasteiger partial charge in [-0.15, -0.1) is 0 Å². The van der Waals surface area contributed by atoms with Crippen molar-refractivity contribution < 1.29 is 4.58 Å². The highest BCUT2D eigenvalue weighted by Crippen LogP contribution is 2.34. The molecule has 0 amide bonds. The summed E-state index contributed by atoms with van der Waals surface area (Å²) >= 11 is 0. The molecule has 0 saturated heterocycles. The van der Waals surface area contributed by atoms with Crippen molar-refractivity contribution in [3.8, 4) is 0 Å². The first-order valence-electron chi connectivity index (χ1n) is 13.6. The summed E-state index contributed by atoms with van der Waals surface area (Å²) in [6.45, 7) is 8.07. The first-order chi connectivity index (χ1) is 17.5. The van der Waals surface area contributed by atoms with Gasteiger partial charge in [0.25, 0.3) is 0 Å². The van der Waals surface area contributed by atoms with Crippen molar-refractivity contribution in [1.82, 2.24) is 4.98 Å². The fourth-order valence-corrected chi connectivity index (χ4v) is 6.06. The molecule has 3 nitrogen and oxygen atoms in total. The lowest BCUT2D eigenvalue weighted by atomic mass is 9.93. The molecule has 1 aliphatic carbocycles. The Morgan fingerprint density at radius 3 is 2.56 bits per heavy atom. The molecule has 3 heterocycles. The van der Waals surface area contributed by atoms with Crippen LogP contribution in [-0.4, -0.2) is 28.0 Å². The number of allylic oxidation sites excluding steroid dienone is 1. The molecule has 3 heteroatoms. The third-order valence-electron chi connectivity index (χ3n) is 7.90. The van der Waals surface area contributed by atoms with Crippen LogP contribution in [0.4, 0.5) is 11.4 Å². The van der Waals surface area contributed by atoms with Gasteiger partial charge in [0.1, 0.15) is 0 Å². The lowest BCUT2D eigenvalue weighted by molar-refractivity contribution is -0.442. The minimum Gasteiger partial charge on any atom is -0.256 e. The van der Waals surface area contributed by atoms with Gasteiger partial charge < -0.3 is 0 Å². The van der Waals surface area contributed by atoms with Gasteiger partial charge in [-0.1, -0.05) is 45.0 Å². The molecular formula is C33H36N3+. The normalized spacial score (nSPS) is 23.2. The molecule has 3 unspecified atom stereocenters. The maximum Gasteiger partial charge on any atom is 0.205 e. The number of benzene rings is 2. The average molecular weight is 475 g/mol. The third kappa shape index (κ3) is 4.72. The van der Waals surface area contributed by atoms with E-state index in [1.807, 2.05) is 6.20 Å².